The van der Waals surface area contributed by atoms with Crippen LogP contribution in [0.4, 0.5) is 0 Å². The molecule has 0 saturated heterocycles. The quantitative estimate of drug-likeness (QED) is 0.553. The van der Waals surface area contributed by atoms with Crippen molar-refractivity contribution in [3.8, 4) is 5.75 Å². The molecule has 0 spiro atoms. The van der Waals surface area contributed by atoms with Crippen molar-refractivity contribution < 1.29 is 17.7 Å². The van der Waals surface area contributed by atoms with Gasteiger partial charge in [0.2, 0.25) is 0 Å². The van der Waals surface area contributed by atoms with Crippen molar-refractivity contribution >= 4 is 10.1 Å². The summed E-state index contributed by atoms with van der Waals surface area (Å²) in [6.45, 7) is 4.65. The second-order valence-electron chi connectivity index (χ2n) is 4.92. The fourth-order valence-corrected chi connectivity index (χ4v) is 3.12. The van der Waals surface area contributed by atoms with Crippen LogP contribution in [0, 0.1) is 0 Å². The van der Waals surface area contributed by atoms with Crippen LogP contribution in [0.3, 0.4) is 0 Å². The first kappa shape index (κ1) is 17.0. The second-order valence-corrected chi connectivity index (χ2v) is 6.52. The lowest BCUT2D eigenvalue weighted by Crippen LogP contribution is -2.12. The van der Waals surface area contributed by atoms with Crippen molar-refractivity contribution in [1.29, 1.82) is 0 Å². The van der Waals surface area contributed by atoms with Gasteiger partial charge in [0, 0.05) is 0 Å². The molecule has 0 aliphatic heterocycles. The predicted molar refractivity (Wildman–Crippen MR) is 80.7 cm³/mol. The summed E-state index contributed by atoms with van der Waals surface area (Å²) in [5.74, 6) is 0.656. The van der Waals surface area contributed by atoms with E-state index in [0.717, 1.165) is 19.3 Å². The van der Waals surface area contributed by atoms with Crippen LogP contribution in [0.5, 0.6) is 5.75 Å². The van der Waals surface area contributed by atoms with Gasteiger partial charge in [-0.15, -0.1) is 0 Å². The molecule has 114 valence electrons. The van der Waals surface area contributed by atoms with Crippen molar-refractivity contribution in [3.05, 3.63) is 29.8 Å². The monoisotopic (exact) mass is 300 g/mol. The van der Waals surface area contributed by atoms with Crippen molar-refractivity contribution in [1.82, 2.24) is 0 Å². The Kier molecular flexibility index (Phi) is 7.02. The summed E-state index contributed by atoms with van der Waals surface area (Å²) in [6, 6.07) is 6.99. The van der Waals surface area contributed by atoms with Crippen molar-refractivity contribution in [2.24, 2.45) is 0 Å². The first-order chi connectivity index (χ1) is 9.49. The zero-order valence-electron chi connectivity index (χ0n) is 12.2. The lowest BCUT2D eigenvalue weighted by molar-refractivity contribution is 0.306. The van der Waals surface area contributed by atoms with Crippen LogP contribution in [0.2, 0.25) is 0 Å². The molecule has 1 unspecified atom stereocenters. The fraction of sp³-hybridized carbons (Fsp3) is 0.600. The van der Waals surface area contributed by atoms with E-state index in [0.29, 0.717) is 30.8 Å². The Morgan fingerprint density at radius 1 is 1.20 bits per heavy atom. The van der Waals surface area contributed by atoms with E-state index in [1.807, 2.05) is 13.0 Å². The Morgan fingerprint density at radius 3 is 2.55 bits per heavy atom. The Morgan fingerprint density at radius 2 is 1.95 bits per heavy atom. The molecule has 1 N–H and O–H groups in total. The van der Waals surface area contributed by atoms with Crippen LogP contribution in [0.25, 0.3) is 0 Å². The van der Waals surface area contributed by atoms with Gasteiger partial charge in [0.25, 0.3) is 10.1 Å². The minimum atomic E-state index is -4.08. The van der Waals surface area contributed by atoms with Crippen LogP contribution in [0.15, 0.2) is 24.3 Å². The summed E-state index contributed by atoms with van der Waals surface area (Å²) in [6.07, 6.45) is 4.31. The average Bonchev–Trinajstić information content (AvgIpc) is 2.40. The van der Waals surface area contributed by atoms with Crippen LogP contribution in [-0.4, -0.2) is 19.6 Å². The Labute approximate surface area is 121 Å². The largest absolute Gasteiger partial charge is 0.494 e. The fourth-order valence-electron chi connectivity index (χ4n) is 2.10. The molecule has 0 fully saturated rings. The zero-order valence-corrected chi connectivity index (χ0v) is 13.0. The van der Waals surface area contributed by atoms with Crippen LogP contribution < -0.4 is 4.74 Å². The third kappa shape index (κ3) is 5.51. The molecule has 1 atom stereocenters. The zero-order chi connectivity index (χ0) is 15.0. The average molecular weight is 300 g/mol. The highest BCUT2D eigenvalue weighted by atomic mass is 32.2. The lowest BCUT2D eigenvalue weighted by atomic mass is 10.1. The van der Waals surface area contributed by atoms with Gasteiger partial charge >= 0.3 is 0 Å². The van der Waals surface area contributed by atoms with Crippen LogP contribution in [0.1, 0.15) is 56.8 Å². The van der Waals surface area contributed by atoms with E-state index in [1.165, 1.54) is 0 Å². The maximum Gasteiger partial charge on any atom is 0.271 e. The van der Waals surface area contributed by atoms with E-state index in [1.54, 1.807) is 18.2 Å². The summed E-state index contributed by atoms with van der Waals surface area (Å²) in [7, 11) is -4.08. The molecule has 1 aromatic carbocycles. The molecule has 4 nitrogen and oxygen atoms in total. The lowest BCUT2D eigenvalue weighted by Gasteiger charge is -2.14. The number of unbranched alkanes of at least 4 members (excludes halogenated alkanes) is 2. The third-order valence-corrected chi connectivity index (χ3v) is 4.38. The van der Waals surface area contributed by atoms with Gasteiger partial charge in [-0.3, -0.25) is 4.55 Å². The van der Waals surface area contributed by atoms with Crippen molar-refractivity contribution in [2.75, 3.05) is 6.61 Å². The van der Waals surface area contributed by atoms with Crippen LogP contribution in [-0.2, 0) is 10.1 Å². The summed E-state index contributed by atoms with van der Waals surface area (Å²) >= 11 is 0. The molecule has 0 heterocycles. The first-order valence-electron chi connectivity index (χ1n) is 7.18. The second kappa shape index (κ2) is 8.27. The van der Waals surface area contributed by atoms with Gasteiger partial charge in [0.05, 0.1) is 6.61 Å². The molecule has 5 heteroatoms. The van der Waals surface area contributed by atoms with Gasteiger partial charge in [-0.2, -0.15) is 8.42 Å². The third-order valence-electron chi connectivity index (χ3n) is 3.16. The molecule has 0 radical (unpaired) electrons. The smallest absolute Gasteiger partial charge is 0.271 e. The normalized spacial score (nSPS) is 13.2. The van der Waals surface area contributed by atoms with Gasteiger partial charge < -0.3 is 4.74 Å². The van der Waals surface area contributed by atoms with Gasteiger partial charge in [-0.05, 0) is 30.5 Å². The number of hydrogen-bond acceptors (Lipinski definition) is 3. The summed E-state index contributed by atoms with van der Waals surface area (Å²) in [4.78, 5) is 0. The van der Waals surface area contributed by atoms with E-state index in [4.69, 9.17) is 4.74 Å². The van der Waals surface area contributed by atoms with Gasteiger partial charge in [-0.25, -0.2) is 0 Å². The van der Waals surface area contributed by atoms with Crippen molar-refractivity contribution in [2.45, 2.75) is 51.2 Å². The molecule has 20 heavy (non-hydrogen) atoms. The molecule has 0 amide bonds. The SMILES string of the molecule is CCCCCOc1cccc(C(CCC)S(=O)(=O)O)c1. The predicted octanol–water partition coefficient (Wildman–Crippen LogP) is 3.98. The maximum absolute atomic E-state index is 11.4. The Balaban J connectivity index is 2.79. The summed E-state index contributed by atoms with van der Waals surface area (Å²) < 4.78 is 37.8. The molecular weight excluding hydrogens is 276 g/mol. The molecule has 0 aliphatic rings. The van der Waals surface area contributed by atoms with E-state index >= 15 is 0 Å². The molecule has 0 aromatic heterocycles. The maximum atomic E-state index is 11.4. The topological polar surface area (TPSA) is 63.6 Å². The van der Waals surface area contributed by atoms with Crippen molar-refractivity contribution in [3.63, 3.8) is 0 Å². The summed E-state index contributed by atoms with van der Waals surface area (Å²) in [5, 5.41) is -0.869. The van der Waals surface area contributed by atoms with Gasteiger partial charge in [-0.1, -0.05) is 45.2 Å². The number of rotatable bonds is 9. The number of benzene rings is 1. The highest BCUT2D eigenvalue weighted by Gasteiger charge is 2.24. The van der Waals surface area contributed by atoms with E-state index in [9.17, 15) is 13.0 Å². The molecule has 0 saturated carbocycles. The highest BCUT2D eigenvalue weighted by molar-refractivity contribution is 7.86. The minimum Gasteiger partial charge on any atom is -0.494 e. The number of hydrogen-bond donors (Lipinski definition) is 1. The Bertz CT molecular complexity index is 496. The summed E-state index contributed by atoms with van der Waals surface area (Å²) in [5.41, 5.74) is 0.586. The highest BCUT2D eigenvalue weighted by Crippen LogP contribution is 2.29. The van der Waals surface area contributed by atoms with E-state index < -0.39 is 15.4 Å². The molecule has 0 aliphatic carbocycles. The molecular formula is C15H24O4S. The standard InChI is InChI=1S/C15H24O4S/c1-3-5-6-11-19-14-10-7-9-13(12-14)15(8-4-2)20(16,17)18/h7,9-10,12,15H,3-6,8,11H2,1-2H3,(H,16,17,18). The van der Waals surface area contributed by atoms with Crippen LogP contribution >= 0.6 is 0 Å². The van der Waals surface area contributed by atoms with E-state index in [-0.39, 0.29) is 0 Å². The number of ether oxygens (including phenoxy) is 1. The first-order valence-corrected chi connectivity index (χ1v) is 8.68. The molecule has 0 bridgehead atoms. The molecule has 1 aromatic rings. The molecule has 1 rings (SSSR count). The Hall–Kier alpha value is -1.07. The van der Waals surface area contributed by atoms with Gasteiger partial charge in [0.15, 0.2) is 0 Å². The minimum absolute atomic E-state index is 0.401. The van der Waals surface area contributed by atoms with E-state index in [2.05, 4.69) is 6.92 Å². The van der Waals surface area contributed by atoms with Gasteiger partial charge in [0.1, 0.15) is 11.0 Å².